The molecule has 3 N–H and O–H groups in total. The van der Waals surface area contributed by atoms with E-state index in [2.05, 4.69) is 15.4 Å². The third-order valence-corrected chi connectivity index (χ3v) is 8.20. The number of rotatable bonds is 46. The Morgan fingerprint density at radius 2 is 0.851 bits per heavy atom. The van der Waals surface area contributed by atoms with E-state index >= 15 is 0 Å². The van der Waals surface area contributed by atoms with Crippen LogP contribution in [0.1, 0.15) is 15.9 Å². The minimum atomic E-state index is -4.49. The lowest BCUT2D eigenvalue weighted by molar-refractivity contribution is -0.143. The number of nitrogens with one attached hydrogen (secondary N) is 2. The summed E-state index contributed by atoms with van der Waals surface area (Å²) in [5, 5.41) is 13.8. The summed E-state index contributed by atoms with van der Waals surface area (Å²) in [6.45, 7) is 8.93. The van der Waals surface area contributed by atoms with Gasteiger partial charge in [-0.2, -0.15) is 13.2 Å². The first-order valence-electron chi connectivity index (χ1n) is 21.9. The third kappa shape index (κ3) is 34.8. The van der Waals surface area contributed by atoms with Gasteiger partial charge >= 0.3 is 18.1 Å². The monoisotopic (exact) mass is 968 g/mol. The van der Waals surface area contributed by atoms with Crippen LogP contribution in [0.3, 0.4) is 0 Å². The fourth-order valence-electron chi connectivity index (χ4n) is 5.04. The van der Waals surface area contributed by atoms with Crippen molar-refractivity contribution in [3.8, 4) is 0 Å². The van der Waals surface area contributed by atoms with E-state index in [0.29, 0.717) is 151 Å². The predicted octanol–water partition coefficient (Wildman–Crippen LogP) is 3.02. The van der Waals surface area contributed by atoms with Crippen LogP contribution < -0.4 is 10.6 Å². The lowest BCUT2D eigenvalue weighted by Crippen LogP contribution is -2.31. The van der Waals surface area contributed by atoms with Gasteiger partial charge in [-0.05, 0) is 30.3 Å². The molecule has 0 fully saturated rings. The number of carbonyl (C=O) groups is 3. The highest BCUT2D eigenvalue weighted by Gasteiger charge is 2.30. The lowest BCUT2D eigenvalue weighted by Gasteiger charge is -2.13. The van der Waals surface area contributed by atoms with E-state index in [1.54, 1.807) is 18.2 Å². The highest BCUT2D eigenvalue weighted by molar-refractivity contribution is 5.96. The molecule has 0 aliphatic carbocycles. The summed E-state index contributed by atoms with van der Waals surface area (Å²) in [5.74, 6) is -2.18. The minimum absolute atomic E-state index is 0.0140. The number of anilines is 2. The van der Waals surface area contributed by atoms with E-state index in [0.717, 1.165) is 12.1 Å². The molecule has 0 saturated heterocycles. The molecular weight excluding hydrogens is 901 g/mol. The molecule has 2 aromatic carbocycles. The van der Waals surface area contributed by atoms with Gasteiger partial charge in [0.25, 0.3) is 0 Å². The zero-order valence-corrected chi connectivity index (χ0v) is 37.9. The number of carboxylic acids is 1. The summed E-state index contributed by atoms with van der Waals surface area (Å²) < 4.78 is 115. The number of hydrogen-bond donors (Lipinski definition) is 3. The standard InChI is InChI=1S/C44H67F3N2O18/c45-44(46,47)37-4-3-5-38(34-37)49-40-7-2-1-6-39(40)43(53)67-33-32-65-31-30-64-29-28-63-27-26-62-25-24-61-23-22-60-21-20-59-19-18-58-17-16-57-15-14-56-13-12-55-11-10-54-9-8-48-41(50)35-66-36-42(51)52/h1-7,34,49H,8-33,35-36H2,(H,48,50)(H,51,52). The third-order valence-electron chi connectivity index (χ3n) is 8.20. The fourth-order valence-corrected chi connectivity index (χ4v) is 5.04. The summed E-state index contributed by atoms with van der Waals surface area (Å²) in [6.07, 6.45) is -4.49. The summed E-state index contributed by atoms with van der Waals surface area (Å²) in [5.41, 5.74) is -0.125. The number of hydrogen-bond acceptors (Lipinski definition) is 18. The van der Waals surface area contributed by atoms with Gasteiger partial charge in [-0.25, -0.2) is 9.59 Å². The molecule has 67 heavy (non-hydrogen) atoms. The number of aliphatic carboxylic acids is 1. The van der Waals surface area contributed by atoms with Crippen LogP contribution in [0.4, 0.5) is 24.5 Å². The molecule has 0 heterocycles. The fraction of sp³-hybridized carbons (Fsp3) is 0.659. The Labute approximate surface area is 389 Å². The number of ether oxygens (including phenoxy) is 14. The molecule has 0 aliphatic rings. The van der Waals surface area contributed by atoms with Crippen molar-refractivity contribution in [3.63, 3.8) is 0 Å². The minimum Gasteiger partial charge on any atom is -0.480 e. The number of carbonyl (C=O) groups excluding carboxylic acids is 2. The highest BCUT2D eigenvalue weighted by atomic mass is 19.4. The van der Waals surface area contributed by atoms with Crippen molar-refractivity contribution in [3.05, 3.63) is 59.7 Å². The maximum absolute atomic E-state index is 13.1. The second kappa shape index (κ2) is 40.9. The number of para-hydroxylation sites is 1. The van der Waals surface area contributed by atoms with Crippen molar-refractivity contribution < 1.29 is 99.0 Å². The van der Waals surface area contributed by atoms with Crippen LogP contribution in [-0.4, -0.2) is 208 Å². The summed E-state index contributed by atoms with van der Waals surface area (Å²) in [7, 11) is 0. The van der Waals surface area contributed by atoms with Crippen LogP contribution in [0.2, 0.25) is 0 Å². The van der Waals surface area contributed by atoms with Crippen LogP contribution in [0.15, 0.2) is 48.5 Å². The van der Waals surface area contributed by atoms with Gasteiger partial charge in [0.2, 0.25) is 5.91 Å². The Balaban J connectivity index is 1.21. The van der Waals surface area contributed by atoms with E-state index in [9.17, 15) is 27.6 Å². The highest BCUT2D eigenvalue weighted by Crippen LogP contribution is 2.32. The number of esters is 1. The SMILES string of the molecule is O=C(O)COCC(=O)NCCOCCOCCOCCOCCOCCOCCOCCOCCOCCOCCOCCOCCOC(=O)c1ccccc1Nc1cccc(C(F)(F)F)c1. The Morgan fingerprint density at radius 1 is 0.463 bits per heavy atom. The van der Waals surface area contributed by atoms with Crippen LogP contribution in [-0.2, 0) is 82.1 Å². The zero-order chi connectivity index (χ0) is 48.3. The quantitative estimate of drug-likeness (QED) is 0.0641. The molecule has 0 aliphatic heterocycles. The molecule has 0 radical (unpaired) electrons. The Hall–Kier alpha value is -4.08. The lowest BCUT2D eigenvalue weighted by atomic mass is 10.1. The van der Waals surface area contributed by atoms with Crippen molar-refractivity contribution >= 4 is 29.2 Å². The van der Waals surface area contributed by atoms with Gasteiger partial charge in [-0.1, -0.05) is 18.2 Å². The predicted molar refractivity (Wildman–Crippen MR) is 233 cm³/mol. The van der Waals surface area contributed by atoms with E-state index < -0.39 is 36.2 Å². The van der Waals surface area contributed by atoms with E-state index in [4.69, 9.17) is 66.7 Å². The van der Waals surface area contributed by atoms with Crippen LogP contribution in [0.5, 0.6) is 0 Å². The molecule has 2 rings (SSSR count). The molecule has 0 aromatic heterocycles. The van der Waals surface area contributed by atoms with Gasteiger partial charge in [0.05, 0.1) is 175 Å². The van der Waals surface area contributed by atoms with Gasteiger partial charge in [-0.15, -0.1) is 0 Å². The Kier molecular flexibility index (Phi) is 36.1. The largest absolute Gasteiger partial charge is 0.480 e. The number of benzene rings is 2. The van der Waals surface area contributed by atoms with Gasteiger partial charge in [0.15, 0.2) is 0 Å². The van der Waals surface area contributed by atoms with E-state index in [1.807, 2.05) is 0 Å². The smallest absolute Gasteiger partial charge is 0.416 e. The molecule has 23 heteroatoms. The van der Waals surface area contributed by atoms with Crippen molar-refractivity contribution in [2.24, 2.45) is 0 Å². The number of amides is 1. The number of alkyl halides is 3. The van der Waals surface area contributed by atoms with Crippen molar-refractivity contribution in [2.45, 2.75) is 6.18 Å². The normalized spacial score (nSPS) is 11.5. The molecular formula is C44H67F3N2O18. The average molecular weight is 969 g/mol. The second-order valence-electron chi connectivity index (χ2n) is 13.5. The van der Waals surface area contributed by atoms with Crippen molar-refractivity contribution in [1.29, 1.82) is 0 Å². The first kappa shape index (κ1) is 59.0. The Bertz CT molecular complexity index is 1550. The summed E-state index contributed by atoms with van der Waals surface area (Å²) >= 11 is 0. The molecule has 0 unspecified atom stereocenters. The van der Waals surface area contributed by atoms with Crippen LogP contribution >= 0.6 is 0 Å². The maximum atomic E-state index is 13.1. The molecule has 0 atom stereocenters. The number of carboxylic acid groups (broad SMARTS) is 1. The average Bonchev–Trinajstić information content (AvgIpc) is 3.30. The molecule has 2 aromatic rings. The molecule has 382 valence electrons. The van der Waals surface area contributed by atoms with Crippen molar-refractivity contribution in [2.75, 3.05) is 190 Å². The second-order valence-corrected chi connectivity index (χ2v) is 13.5. The van der Waals surface area contributed by atoms with E-state index in [1.165, 1.54) is 18.2 Å². The molecule has 0 bridgehead atoms. The van der Waals surface area contributed by atoms with Gasteiger partial charge in [0.1, 0.15) is 19.8 Å². The topological polar surface area (TPSA) is 225 Å². The molecule has 0 spiro atoms. The van der Waals surface area contributed by atoms with Gasteiger partial charge in [-0.3, -0.25) is 4.79 Å². The van der Waals surface area contributed by atoms with Gasteiger partial charge < -0.3 is 82.1 Å². The van der Waals surface area contributed by atoms with Crippen molar-refractivity contribution in [1.82, 2.24) is 5.32 Å². The van der Waals surface area contributed by atoms with Crippen LogP contribution in [0.25, 0.3) is 0 Å². The maximum Gasteiger partial charge on any atom is 0.416 e. The Morgan fingerprint density at radius 3 is 1.25 bits per heavy atom. The number of halogens is 3. The summed E-state index contributed by atoms with van der Waals surface area (Å²) in [6, 6.07) is 11.1. The zero-order valence-electron chi connectivity index (χ0n) is 37.9. The first-order chi connectivity index (χ1) is 32.7. The van der Waals surface area contributed by atoms with Gasteiger partial charge in [0, 0.05) is 12.2 Å². The summed E-state index contributed by atoms with van der Waals surface area (Å²) in [4.78, 5) is 34.3. The van der Waals surface area contributed by atoms with E-state index in [-0.39, 0.29) is 44.2 Å². The molecule has 0 saturated carbocycles. The molecule has 20 nitrogen and oxygen atoms in total. The first-order valence-corrected chi connectivity index (χ1v) is 21.9. The van der Waals surface area contributed by atoms with Crippen LogP contribution in [0, 0.1) is 0 Å². The molecule has 1 amide bonds.